The van der Waals surface area contributed by atoms with E-state index in [0.29, 0.717) is 10.6 Å². The molecule has 0 radical (unpaired) electrons. The molecule has 0 saturated heterocycles. The topological polar surface area (TPSA) is 23.8 Å². The van der Waals surface area contributed by atoms with Gasteiger partial charge >= 0.3 is 0 Å². The van der Waals surface area contributed by atoms with E-state index in [1.807, 2.05) is 36.4 Å². The molecular weight excluding hydrogens is 286 g/mol. The molecule has 3 heteroatoms. The van der Waals surface area contributed by atoms with Gasteiger partial charge in [-0.05, 0) is 41.5 Å². The van der Waals surface area contributed by atoms with Gasteiger partial charge < -0.3 is 0 Å². The third kappa shape index (κ3) is 2.44. The largest absolute Gasteiger partial charge is 0.192 e. The SMILES string of the molecule is N#Cc1cccc(-c2cc(Cl)cc(Br)c2)c1. The lowest BCUT2D eigenvalue weighted by molar-refractivity contribution is 1.48. The molecule has 0 aliphatic carbocycles. The number of nitrogens with zero attached hydrogens (tertiary/aromatic N) is 1. The average molecular weight is 293 g/mol. The Bertz CT molecular complexity index is 552. The molecule has 0 aliphatic heterocycles. The Hall–Kier alpha value is -1.30. The number of benzene rings is 2. The smallest absolute Gasteiger partial charge is 0.0991 e. The molecule has 0 N–H and O–H groups in total. The zero-order valence-electron chi connectivity index (χ0n) is 8.24. The van der Waals surface area contributed by atoms with Crippen molar-refractivity contribution in [2.24, 2.45) is 0 Å². The van der Waals surface area contributed by atoms with E-state index in [0.717, 1.165) is 15.6 Å². The van der Waals surface area contributed by atoms with Crippen LogP contribution in [0.3, 0.4) is 0 Å². The molecule has 78 valence electrons. The van der Waals surface area contributed by atoms with Gasteiger partial charge in [0.1, 0.15) is 0 Å². The van der Waals surface area contributed by atoms with Crippen LogP contribution in [-0.2, 0) is 0 Å². The zero-order valence-corrected chi connectivity index (χ0v) is 10.6. The van der Waals surface area contributed by atoms with Crippen LogP contribution >= 0.6 is 27.5 Å². The van der Waals surface area contributed by atoms with E-state index in [1.54, 1.807) is 6.07 Å². The molecule has 2 aromatic rings. The fourth-order valence-corrected chi connectivity index (χ4v) is 2.35. The van der Waals surface area contributed by atoms with Gasteiger partial charge in [0.2, 0.25) is 0 Å². The van der Waals surface area contributed by atoms with Crippen molar-refractivity contribution in [1.82, 2.24) is 0 Å². The first-order chi connectivity index (χ1) is 7.69. The predicted molar refractivity (Wildman–Crippen MR) is 69.3 cm³/mol. The van der Waals surface area contributed by atoms with Crippen molar-refractivity contribution in [3.05, 3.63) is 57.5 Å². The lowest BCUT2D eigenvalue weighted by Gasteiger charge is -2.03. The van der Waals surface area contributed by atoms with Gasteiger partial charge in [-0.15, -0.1) is 0 Å². The Morgan fingerprint density at radius 2 is 1.88 bits per heavy atom. The van der Waals surface area contributed by atoms with Crippen LogP contribution in [0.4, 0.5) is 0 Å². The van der Waals surface area contributed by atoms with Gasteiger partial charge in [-0.2, -0.15) is 5.26 Å². The van der Waals surface area contributed by atoms with Crippen molar-refractivity contribution >= 4 is 27.5 Å². The molecule has 0 fully saturated rings. The molecule has 0 spiro atoms. The predicted octanol–water partition coefficient (Wildman–Crippen LogP) is 4.64. The summed E-state index contributed by atoms with van der Waals surface area (Å²) in [5.74, 6) is 0. The second-order valence-corrected chi connectivity index (χ2v) is 4.70. The van der Waals surface area contributed by atoms with Crippen molar-refractivity contribution in [1.29, 1.82) is 5.26 Å². The standard InChI is InChI=1S/C13H7BrClN/c14-12-5-11(6-13(15)7-12)10-3-1-2-9(4-10)8-16/h1-7H. The van der Waals surface area contributed by atoms with E-state index in [-0.39, 0.29) is 0 Å². The van der Waals surface area contributed by atoms with Gasteiger partial charge in [0.05, 0.1) is 11.6 Å². The van der Waals surface area contributed by atoms with Crippen LogP contribution in [0, 0.1) is 11.3 Å². The minimum Gasteiger partial charge on any atom is -0.192 e. The van der Waals surface area contributed by atoms with Crippen LogP contribution in [0.1, 0.15) is 5.56 Å². The van der Waals surface area contributed by atoms with E-state index in [1.165, 1.54) is 0 Å². The highest BCUT2D eigenvalue weighted by Crippen LogP contribution is 2.27. The second kappa shape index (κ2) is 4.69. The quantitative estimate of drug-likeness (QED) is 0.751. The van der Waals surface area contributed by atoms with Gasteiger partial charge in [-0.1, -0.05) is 39.7 Å². The summed E-state index contributed by atoms with van der Waals surface area (Å²) >= 11 is 9.38. The monoisotopic (exact) mass is 291 g/mol. The van der Waals surface area contributed by atoms with Crippen molar-refractivity contribution in [2.45, 2.75) is 0 Å². The summed E-state index contributed by atoms with van der Waals surface area (Å²) < 4.78 is 0.928. The molecule has 0 atom stereocenters. The fourth-order valence-electron chi connectivity index (χ4n) is 1.49. The minimum absolute atomic E-state index is 0.647. The number of hydrogen-bond donors (Lipinski definition) is 0. The summed E-state index contributed by atoms with van der Waals surface area (Å²) in [7, 11) is 0. The number of hydrogen-bond acceptors (Lipinski definition) is 1. The Morgan fingerprint density at radius 1 is 1.06 bits per heavy atom. The highest BCUT2D eigenvalue weighted by molar-refractivity contribution is 9.10. The minimum atomic E-state index is 0.647. The van der Waals surface area contributed by atoms with E-state index >= 15 is 0 Å². The first-order valence-corrected chi connectivity index (χ1v) is 5.83. The highest BCUT2D eigenvalue weighted by atomic mass is 79.9. The molecule has 2 rings (SSSR count). The van der Waals surface area contributed by atoms with Crippen LogP contribution < -0.4 is 0 Å². The van der Waals surface area contributed by atoms with E-state index in [2.05, 4.69) is 22.0 Å². The van der Waals surface area contributed by atoms with Crippen LogP contribution in [0.25, 0.3) is 11.1 Å². The summed E-state index contributed by atoms with van der Waals surface area (Å²) in [5.41, 5.74) is 2.63. The first kappa shape index (κ1) is 11.2. The van der Waals surface area contributed by atoms with Gasteiger partial charge in [0, 0.05) is 9.50 Å². The van der Waals surface area contributed by atoms with Gasteiger partial charge in [-0.3, -0.25) is 0 Å². The Balaban J connectivity index is 2.54. The summed E-state index contributed by atoms with van der Waals surface area (Å²) in [6, 6.07) is 15.3. The highest BCUT2D eigenvalue weighted by Gasteiger charge is 2.02. The maximum absolute atomic E-state index is 8.83. The molecule has 0 bridgehead atoms. The summed E-state index contributed by atoms with van der Waals surface area (Å²) in [6.07, 6.45) is 0. The third-order valence-electron chi connectivity index (χ3n) is 2.19. The van der Waals surface area contributed by atoms with E-state index in [4.69, 9.17) is 16.9 Å². The molecule has 0 saturated carbocycles. The molecule has 0 unspecified atom stereocenters. The lowest BCUT2D eigenvalue weighted by Crippen LogP contribution is -1.80. The summed E-state index contributed by atoms with van der Waals surface area (Å²) in [5, 5.41) is 9.51. The van der Waals surface area contributed by atoms with Crippen molar-refractivity contribution in [2.75, 3.05) is 0 Å². The van der Waals surface area contributed by atoms with Gasteiger partial charge in [0.25, 0.3) is 0 Å². The Kier molecular flexibility index (Phi) is 3.28. The molecule has 1 nitrogen and oxygen atoms in total. The first-order valence-electron chi connectivity index (χ1n) is 4.65. The molecule has 2 aromatic carbocycles. The van der Waals surface area contributed by atoms with Crippen LogP contribution in [0.5, 0.6) is 0 Å². The Labute approximate surface area is 107 Å². The molecule has 0 aromatic heterocycles. The second-order valence-electron chi connectivity index (χ2n) is 3.35. The van der Waals surface area contributed by atoms with Gasteiger partial charge in [-0.25, -0.2) is 0 Å². The number of rotatable bonds is 1. The van der Waals surface area contributed by atoms with Crippen LogP contribution in [-0.4, -0.2) is 0 Å². The maximum atomic E-state index is 8.83. The average Bonchev–Trinajstić information content (AvgIpc) is 2.28. The molecule has 0 aliphatic rings. The van der Waals surface area contributed by atoms with Crippen LogP contribution in [0.15, 0.2) is 46.9 Å². The fraction of sp³-hybridized carbons (Fsp3) is 0. The van der Waals surface area contributed by atoms with E-state index < -0.39 is 0 Å². The number of nitriles is 1. The molecular formula is C13H7BrClN. The summed E-state index contributed by atoms with van der Waals surface area (Å²) in [6.45, 7) is 0. The van der Waals surface area contributed by atoms with Gasteiger partial charge in [0.15, 0.2) is 0 Å². The normalized spacial score (nSPS) is 9.81. The van der Waals surface area contributed by atoms with Crippen molar-refractivity contribution in [3.8, 4) is 17.2 Å². The van der Waals surface area contributed by atoms with Crippen molar-refractivity contribution < 1.29 is 0 Å². The lowest BCUT2D eigenvalue weighted by atomic mass is 10.0. The molecule has 0 heterocycles. The van der Waals surface area contributed by atoms with Crippen molar-refractivity contribution in [3.63, 3.8) is 0 Å². The molecule has 16 heavy (non-hydrogen) atoms. The van der Waals surface area contributed by atoms with Crippen LogP contribution in [0.2, 0.25) is 5.02 Å². The zero-order chi connectivity index (χ0) is 11.5. The van der Waals surface area contributed by atoms with E-state index in [9.17, 15) is 0 Å². The molecule has 0 amide bonds. The number of halogens is 2. The Morgan fingerprint density at radius 3 is 2.56 bits per heavy atom. The third-order valence-corrected chi connectivity index (χ3v) is 2.86. The summed E-state index contributed by atoms with van der Waals surface area (Å²) in [4.78, 5) is 0. The maximum Gasteiger partial charge on any atom is 0.0991 e.